The smallest absolute Gasteiger partial charge is 0.287 e. The Morgan fingerprint density at radius 2 is 1.96 bits per heavy atom. The van der Waals surface area contributed by atoms with E-state index in [1.54, 1.807) is 0 Å². The molecule has 0 unspecified atom stereocenters. The van der Waals surface area contributed by atoms with Crippen molar-refractivity contribution in [1.29, 1.82) is 0 Å². The molecule has 0 radical (unpaired) electrons. The Morgan fingerprint density at radius 3 is 2.56 bits per heavy atom. The van der Waals surface area contributed by atoms with Crippen LogP contribution in [0, 0.1) is 0 Å². The van der Waals surface area contributed by atoms with Gasteiger partial charge in [0.2, 0.25) is 5.89 Å². The molecular formula is C16H21ClF2N6O2. The summed E-state index contributed by atoms with van der Waals surface area (Å²) in [6.07, 6.45) is -1.30. The quantitative estimate of drug-likeness (QED) is 0.730. The summed E-state index contributed by atoms with van der Waals surface area (Å²) in [5.41, 5.74) is -0.240. The standard InChI is InChI=1S/C16H21ClF2N6O2/c1-10(2)15-21-13(27-22-15)9-23-3-5-24(6-4-23)11-7-20-25(8-12(18)19)16(26)14(11)17/h7,10,12H,3-6,8-9H2,1-2H3. The van der Waals surface area contributed by atoms with Crippen LogP contribution < -0.4 is 10.5 Å². The topological polar surface area (TPSA) is 80.3 Å². The van der Waals surface area contributed by atoms with Gasteiger partial charge in [-0.3, -0.25) is 9.69 Å². The van der Waals surface area contributed by atoms with Crippen LogP contribution in [0.15, 0.2) is 15.5 Å². The van der Waals surface area contributed by atoms with Gasteiger partial charge in [0.25, 0.3) is 12.0 Å². The van der Waals surface area contributed by atoms with Crippen molar-refractivity contribution in [3.8, 4) is 0 Å². The summed E-state index contributed by atoms with van der Waals surface area (Å²) in [7, 11) is 0. The van der Waals surface area contributed by atoms with Crippen molar-refractivity contribution in [3.05, 3.63) is 33.3 Å². The van der Waals surface area contributed by atoms with Crippen LogP contribution in [0.3, 0.4) is 0 Å². The highest BCUT2D eigenvalue weighted by atomic mass is 35.5. The van der Waals surface area contributed by atoms with E-state index in [-0.39, 0.29) is 10.9 Å². The molecule has 27 heavy (non-hydrogen) atoms. The largest absolute Gasteiger partial charge is 0.366 e. The number of piperazine rings is 1. The highest BCUT2D eigenvalue weighted by molar-refractivity contribution is 6.33. The van der Waals surface area contributed by atoms with E-state index in [1.807, 2.05) is 18.7 Å². The molecule has 2 aromatic heterocycles. The summed E-state index contributed by atoms with van der Waals surface area (Å²) in [5, 5.41) is 7.68. The first-order valence-corrected chi connectivity index (χ1v) is 9.06. The van der Waals surface area contributed by atoms with Crippen molar-refractivity contribution in [2.24, 2.45) is 0 Å². The average molecular weight is 403 g/mol. The first kappa shape index (κ1) is 19.7. The molecule has 148 valence electrons. The lowest BCUT2D eigenvalue weighted by molar-refractivity contribution is 0.119. The van der Waals surface area contributed by atoms with Gasteiger partial charge in [0, 0.05) is 32.1 Å². The molecule has 0 aliphatic carbocycles. The lowest BCUT2D eigenvalue weighted by Crippen LogP contribution is -2.46. The fraction of sp³-hybridized carbons (Fsp3) is 0.625. The summed E-state index contributed by atoms with van der Waals surface area (Å²) in [5.74, 6) is 1.47. The van der Waals surface area contributed by atoms with Gasteiger partial charge in [0.1, 0.15) is 11.6 Å². The van der Waals surface area contributed by atoms with Gasteiger partial charge in [0.15, 0.2) is 5.82 Å². The second-order valence-electron chi connectivity index (χ2n) is 6.69. The molecule has 0 N–H and O–H groups in total. The van der Waals surface area contributed by atoms with Crippen molar-refractivity contribution >= 4 is 17.3 Å². The highest BCUT2D eigenvalue weighted by Gasteiger charge is 2.23. The molecule has 1 aliphatic heterocycles. The molecule has 0 amide bonds. The predicted octanol–water partition coefficient (Wildman–Crippen LogP) is 1.99. The van der Waals surface area contributed by atoms with Crippen LogP contribution in [0.4, 0.5) is 14.5 Å². The van der Waals surface area contributed by atoms with Gasteiger partial charge >= 0.3 is 0 Å². The van der Waals surface area contributed by atoms with E-state index in [9.17, 15) is 13.6 Å². The molecule has 1 aliphatic rings. The zero-order valence-electron chi connectivity index (χ0n) is 15.1. The van der Waals surface area contributed by atoms with E-state index in [2.05, 4.69) is 20.1 Å². The van der Waals surface area contributed by atoms with Crippen molar-refractivity contribution in [3.63, 3.8) is 0 Å². The van der Waals surface area contributed by atoms with E-state index in [4.69, 9.17) is 16.1 Å². The van der Waals surface area contributed by atoms with Gasteiger partial charge < -0.3 is 9.42 Å². The number of nitrogens with zero attached hydrogens (tertiary/aromatic N) is 6. The van der Waals surface area contributed by atoms with Gasteiger partial charge in [-0.15, -0.1) is 0 Å². The highest BCUT2D eigenvalue weighted by Crippen LogP contribution is 2.23. The Bertz CT molecular complexity index is 833. The van der Waals surface area contributed by atoms with E-state index in [1.165, 1.54) is 6.20 Å². The van der Waals surface area contributed by atoms with Gasteiger partial charge in [-0.1, -0.05) is 30.6 Å². The van der Waals surface area contributed by atoms with Crippen molar-refractivity contribution in [2.75, 3.05) is 31.1 Å². The second kappa shape index (κ2) is 8.30. The zero-order chi connectivity index (χ0) is 19.6. The van der Waals surface area contributed by atoms with Gasteiger partial charge in [-0.2, -0.15) is 10.1 Å². The summed E-state index contributed by atoms with van der Waals surface area (Å²) in [6.45, 7) is 6.42. The Kier molecular flexibility index (Phi) is 6.05. The third kappa shape index (κ3) is 4.62. The molecule has 8 nitrogen and oxygen atoms in total. The molecule has 0 spiro atoms. The maximum absolute atomic E-state index is 12.5. The summed E-state index contributed by atoms with van der Waals surface area (Å²) in [4.78, 5) is 20.6. The lowest BCUT2D eigenvalue weighted by atomic mass is 10.2. The van der Waals surface area contributed by atoms with Crippen LogP contribution in [0.1, 0.15) is 31.5 Å². The Morgan fingerprint density at radius 1 is 1.26 bits per heavy atom. The first-order valence-electron chi connectivity index (χ1n) is 8.68. The van der Waals surface area contributed by atoms with Gasteiger partial charge in [-0.25, -0.2) is 13.5 Å². The van der Waals surface area contributed by atoms with Crippen molar-refractivity contribution in [2.45, 2.75) is 39.3 Å². The molecule has 11 heteroatoms. The van der Waals surface area contributed by atoms with Crippen LogP contribution in [0.25, 0.3) is 0 Å². The molecule has 1 fully saturated rings. The summed E-state index contributed by atoms with van der Waals surface area (Å²) < 4.78 is 30.9. The van der Waals surface area contributed by atoms with Gasteiger partial charge in [0.05, 0.1) is 18.4 Å². The summed E-state index contributed by atoms with van der Waals surface area (Å²) >= 11 is 6.11. The second-order valence-corrected chi connectivity index (χ2v) is 7.06. The lowest BCUT2D eigenvalue weighted by Gasteiger charge is -2.35. The molecule has 2 aromatic rings. The van der Waals surface area contributed by atoms with Crippen molar-refractivity contribution < 1.29 is 13.3 Å². The van der Waals surface area contributed by atoms with Crippen molar-refractivity contribution in [1.82, 2.24) is 24.8 Å². The van der Waals surface area contributed by atoms with E-state index in [0.29, 0.717) is 54.8 Å². The van der Waals surface area contributed by atoms with Crippen LogP contribution in [-0.2, 0) is 13.1 Å². The fourth-order valence-corrected chi connectivity index (χ4v) is 3.11. The van der Waals surface area contributed by atoms with Crippen LogP contribution in [0.2, 0.25) is 5.02 Å². The van der Waals surface area contributed by atoms with E-state index in [0.717, 1.165) is 0 Å². The third-order valence-electron chi connectivity index (χ3n) is 4.35. The maximum Gasteiger partial charge on any atom is 0.287 e. The minimum atomic E-state index is -2.67. The molecule has 3 rings (SSSR count). The van der Waals surface area contributed by atoms with Crippen LogP contribution in [0.5, 0.6) is 0 Å². The number of rotatable bonds is 6. The molecular weight excluding hydrogens is 382 g/mol. The van der Waals surface area contributed by atoms with E-state index < -0.39 is 18.5 Å². The molecule has 0 bridgehead atoms. The number of halogens is 3. The number of anilines is 1. The summed E-state index contributed by atoms with van der Waals surface area (Å²) in [6, 6.07) is 0. The van der Waals surface area contributed by atoms with E-state index >= 15 is 0 Å². The van der Waals surface area contributed by atoms with Crippen LogP contribution in [-0.4, -0.2) is 57.4 Å². The Balaban J connectivity index is 1.62. The maximum atomic E-state index is 12.5. The number of hydrogen-bond acceptors (Lipinski definition) is 7. The van der Waals surface area contributed by atoms with Crippen LogP contribution >= 0.6 is 11.6 Å². The molecule has 3 heterocycles. The fourth-order valence-electron chi connectivity index (χ4n) is 2.84. The molecule has 0 saturated carbocycles. The number of hydrogen-bond donors (Lipinski definition) is 0. The monoisotopic (exact) mass is 402 g/mol. The Hall–Kier alpha value is -2.07. The molecule has 0 aromatic carbocycles. The molecule has 0 atom stereocenters. The average Bonchev–Trinajstić information content (AvgIpc) is 3.09. The normalized spacial score (nSPS) is 15.9. The third-order valence-corrected chi connectivity index (χ3v) is 4.70. The Labute approximate surface area is 159 Å². The minimum absolute atomic E-state index is 0.0856. The van der Waals surface area contributed by atoms with Gasteiger partial charge in [-0.05, 0) is 0 Å². The first-order chi connectivity index (χ1) is 12.8. The predicted molar refractivity (Wildman–Crippen MR) is 95.4 cm³/mol. The SMILES string of the molecule is CC(C)c1noc(CN2CCN(c3cnn(CC(F)F)c(=O)c3Cl)CC2)n1. The molecule has 1 saturated heterocycles. The zero-order valence-corrected chi connectivity index (χ0v) is 15.9. The number of alkyl halides is 2. The number of aromatic nitrogens is 4. The minimum Gasteiger partial charge on any atom is -0.366 e.